The minimum Gasteiger partial charge on any atom is -0.456 e. The third-order valence-corrected chi connectivity index (χ3v) is 14.7. The number of aliphatic imine (C=N–C) groups is 2. The van der Waals surface area contributed by atoms with Gasteiger partial charge in [-0.25, -0.2) is 9.98 Å². The lowest BCUT2D eigenvalue weighted by atomic mass is 9.80. The van der Waals surface area contributed by atoms with Gasteiger partial charge in [0.2, 0.25) is 0 Å². The normalized spacial score (nSPS) is 32.3. The van der Waals surface area contributed by atoms with Crippen LogP contribution >= 0.6 is 0 Å². The molecule has 3 aromatic rings. The summed E-state index contributed by atoms with van der Waals surface area (Å²) in [4.78, 5) is 16.3. The number of allylic oxidation sites excluding steroid dienone is 9. The van der Waals surface area contributed by atoms with E-state index in [1.54, 1.807) is 0 Å². The second-order valence-corrected chi connectivity index (χ2v) is 18.3. The minimum atomic E-state index is -0.123. The van der Waals surface area contributed by atoms with Crippen molar-refractivity contribution in [3.05, 3.63) is 155 Å². The van der Waals surface area contributed by atoms with Crippen LogP contribution in [0.1, 0.15) is 99.5 Å². The van der Waals surface area contributed by atoms with Crippen LogP contribution in [0.2, 0.25) is 0 Å². The Balaban J connectivity index is 1.02. The molecule has 0 bridgehead atoms. The maximum Gasteiger partial charge on any atom is 0.147 e. The van der Waals surface area contributed by atoms with Gasteiger partial charge >= 0.3 is 0 Å². The standard InChI is InChI=1S/C53H57N5O/c1-33-16-10-12-22-39(33)52-54-51(36-20-8-5-9-21-36)55-53(56-52)42-30-38(35-18-6-4-7-19-35)32-57(3)50(42)37-26-27-41-47(31-37)59-46-29-28-45-48(49(41)46)40-23-13-15-25-44(40)58(45)43-24-14-11-17-34(43)2/h4-11,16-20,23,25-29,31,33-34,36,38-39,43,45,48,52H,12-15,21-22,24,30,32H2,1-3H3,(H,54,55,56)/t33-,34?,36?,38?,39?,43?,45?,48?,52?/m1/s1. The molecule has 8 unspecified atom stereocenters. The van der Waals surface area contributed by atoms with Gasteiger partial charge in [-0.2, -0.15) is 0 Å². The van der Waals surface area contributed by atoms with Crippen molar-refractivity contribution in [3.8, 4) is 0 Å². The molecule has 3 aliphatic heterocycles. The Hall–Kier alpha value is -5.36. The molecular formula is C53H57N5O. The fraction of sp³-hybridized carbons (Fsp3) is 0.396. The molecule has 8 aliphatic rings. The first kappa shape index (κ1) is 36.7. The average molecular weight is 780 g/mol. The van der Waals surface area contributed by atoms with Gasteiger partial charge in [0.05, 0.1) is 11.7 Å². The van der Waals surface area contributed by atoms with Crippen LogP contribution in [0.15, 0.2) is 147 Å². The number of furan rings is 1. The number of nitrogens with zero attached hydrogens (tertiary/aromatic N) is 4. The number of hydrogen-bond donors (Lipinski definition) is 1. The molecule has 4 heterocycles. The summed E-state index contributed by atoms with van der Waals surface area (Å²) in [5.74, 6) is 5.19. The van der Waals surface area contributed by atoms with Gasteiger partial charge in [0.25, 0.3) is 0 Å². The zero-order valence-electron chi connectivity index (χ0n) is 34.8. The van der Waals surface area contributed by atoms with Gasteiger partial charge in [-0.1, -0.05) is 123 Å². The van der Waals surface area contributed by atoms with Crippen molar-refractivity contribution in [1.29, 1.82) is 0 Å². The van der Waals surface area contributed by atoms with Gasteiger partial charge in [-0.3, -0.25) is 0 Å². The molecule has 9 atom stereocenters. The van der Waals surface area contributed by atoms with Crippen molar-refractivity contribution in [1.82, 2.24) is 15.1 Å². The second-order valence-electron chi connectivity index (χ2n) is 18.3. The van der Waals surface area contributed by atoms with E-state index in [2.05, 4.69) is 157 Å². The molecule has 59 heavy (non-hydrogen) atoms. The van der Waals surface area contributed by atoms with Crippen LogP contribution < -0.4 is 5.32 Å². The average Bonchev–Trinajstić information content (AvgIpc) is 3.82. The molecule has 11 rings (SSSR count). The molecular weight excluding hydrogens is 723 g/mol. The Bertz CT molecular complexity index is 2470. The van der Waals surface area contributed by atoms with E-state index >= 15 is 0 Å². The lowest BCUT2D eigenvalue weighted by molar-refractivity contribution is 0.184. The number of amidine groups is 2. The van der Waals surface area contributed by atoms with E-state index in [4.69, 9.17) is 14.4 Å². The maximum absolute atomic E-state index is 6.93. The first-order valence-corrected chi connectivity index (χ1v) is 22.5. The number of benzene rings is 2. The first-order chi connectivity index (χ1) is 29.0. The number of likely N-dealkylation sites (N-methyl/N-ethyl adjacent to an activating group) is 1. The topological polar surface area (TPSA) is 56.4 Å². The second kappa shape index (κ2) is 15.0. The molecule has 6 nitrogen and oxygen atoms in total. The number of nitrogens with one attached hydrogen (secondary N) is 1. The molecule has 1 N–H and O–H groups in total. The van der Waals surface area contributed by atoms with Crippen molar-refractivity contribution in [2.24, 2.45) is 33.7 Å². The highest BCUT2D eigenvalue weighted by Crippen LogP contribution is 2.54. The van der Waals surface area contributed by atoms with Crippen molar-refractivity contribution in [2.75, 3.05) is 13.6 Å². The van der Waals surface area contributed by atoms with Crippen LogP contribution in [-0.2, 0) is 0 Å². The van der Waals surface area contributed by atoms with E-state index in [9.17, 15) is 0 Å². The Kier molecular flexibility index (Phi) is 9.35. The van der Waals surface area contributed by atoms with Crippen LogP contribution in [-0.4, -0.2) is 53.3 Å². The molecule has 6 heteroatoms. The number of hydrogen-bond acceptors (Lipinski definition) is 6. The Morgan fingerprint density at radius 1 is 0.831 bits per heavy atom. The maximum atomic E-state index is 6.93. The molecule has 5 aliphatic carbocycles. The van der Waals surface area contributed by atoms with Crippen molar-refractivity contribution < 1.29 is 4.42 Å². The van der Waals surface area contributed by atoms with Gasteiger partial charge in [-0.15, -0.1) is 0 Å². The number of fused-ring (bicyclic) bond motifs is 7. The quantitative estimate of drug-likeness (QED) is 0.253. The molecule has 0 radical (unpaired) electrons. The van der Waals surface area contributed by atoms with Gasteiger partial charge in [0.1, 0.15) is 29.2 Å². The molecule has 1 aromatic heterocycles. The van der Waals surface area contributed by atoms with Crippen molar-refractivity contribution >= 4 is 34.4 Å². The summed E-state index contributed by atoms with van der Waals surface area (Å²) >= 11 is 0. The Morgan fingerprint density at radius 3 is 2.51 bits per heavy atom. The molecule has 0 spiro atoms. The monoisotopic (exact) mass is 779 g/mol. The summed E-state index contributed by atoms with van der Waals surface area (Å²) in [5, 5.41) is 5.14. The van der Waals surface area contributed by atoms with E-state index in [1.807, 2.05) is 0 Å². The predicted octanol–water partition coefficient (Wildman–Crippen LogP) is 11.5. The molecule has 0 saturated carbocycles. The van der Waals surface area contributed by atoms with E-state index in [-0.39, 0.29) is 18.0 Å². The molecule has 0 amide bonds. The summed E-state index contributed by atoms with van der Waals surface area (Å²) < 4.78 is 6.93. The van der Waals surface area contributed by atoms with Crippen molar-refractivity contribution in [2.45, 2.75) is 95.3 Å². The third-order valence-electron chi connectivity index (χ3n) is 14.7. The lowest BCUT2D eigenvalue weighted by Crippen LogP contribution is -2.45. The van der Waals surface area contributed by atoms with Gasteiger partial charge in [0.15, 0.2) is 0 Å². The van der Waals surface area contributed by atoms with Crippen LogP contribution in [0.3, 0.4) is 0 Å². The molecule has 1 saturated heterocycles. The SMILES string of the molecule is CC1C=CCCC1N1C2=CCCC=C2C2c3c(oc4cc(C5=C(C6=NC(C7CCC=C[C@H]7C)N=C(C7C=CC=CC7)N6)CC(c6ccccc6)CN5C)ccc34)C=CC21. The first-order valence-electron chi connectivity index (χ1n) is 22.5. The summed E-state index contributed by atoms with van der Waals surface area (Å²) in [6.07, 6.45) is 36.7. The third kappa shape index (κ3) is 6.36. The molecule has 2 aromatic carbocycles. The number of rotatable bonds is 6. The highest BCUT2D eigenvalue weighted by Gasteiger charge is 2.48. The summed E-state index contributed by atoms with van der Waals surface area (Å²) in [5.41, 5.74) is 10.4. The van der Waals surface area contributed by atoms with E-state index in [0.717, 1.165) is 74.5 Å². The summed E-state index contributed by atoms with van der Waals surface area (Å²) in [6.45, 7) is 5.67. The fourth-order valence-corrected chi connectivity index (χ4v) is 11.8. The minimum absolute atomic E-state index is 0.123. The van der Waals surface area contributed by atoms with E-state index in [1.165, 1.54) is 51.0 Å². The lowest BCUT2D eigenvalue weighted by Gasteiger charge is -2.40. The van der Waals surface area contributed by atoms with Gasteiger partial charge in [0, 0.05) is 71.1 Å². The van der Waals surface area contributed by atoms with Gasteiger partial charge < -0.3 is 19.5 Å². The smallest absolute Gasteiger partial charge is 0.147 e. The fourth-order valence-electron chi connectivity index (χ4n) is 11.8. The highest BCUT2D eigenvalue weighted by atomic mass is 16.3. The van der Waals surface area contributed by atoms with Gasteiger partial charge in [-0.05, 0) is 86.5 Å². The Labute approximate surface area is 349 Å². The summed E-state index contributed by atoms with van der Waals surface area (Å²) in [6, 6.07) is 18.9. The zero-order valence-corrected chi connectivity index (χ0v) is 34.8. The van der Waals surface area contributed by atoms with E-state index < -0.39 is 0 Å². The Morgan fingerprint density at radius 2 is 1.68 bits per heavy atom. The largest absolute Gasteiger partial charge is 0.456 e. The summed E-state index contributed by atoms with van der Waals surface area (Å²) in [7, 11) is 2.27. The molecule has 1 fully saturated rings. The van der Waals surface area contributed by atoms with Crippen LogP contribution in [0.25, 0.3) is 22.7 Å². The number of likely N-dealkylation sites (tertiary alicyclic amines) is 1. The van der Waals surface area contributed by atoms with Crippen LogP contribution in [0.5, 0.6) is 0 Å². The predicted molar refractivity (Wildman–Crippen MR) is 243 cm³/mol. The van der Waals surface area contributed by atoms with Crippen LogP contribution in [0, 0.1) is 23.7 Å². The molecule has 300 valence electrons. The van der Waals surface area contributed by atoms with Crippen molar-refractivity contribution in [3.63, 3.8) is 0 Å². The highest BCUT2D eigenvalue weighted by molar-refractivity contribution is 6.15. The van der Waals surface area contributed by atoms with E-state index in [0.29, 0.717) is 35.8 Å². The van der Waals surface area contributed by atoms with Crippen LogP contribution in [0.4, 0.5) is 0 Å². The zero-order chi connectivity index (χ0) is 39.6.